The van der Waals surface area contributed by atoms with Crippen molar-refractivity contribution in [3.05, 3.63) is 60.2 Å². The number of allylic oxidation sites excluding steroid dienone is 2. The minimum Gasteiger partial charge on any atom is -0.465 e. The molecule has 1 aromatic carbocycles. The third-order valence-corrected chi connectivity index (χ3v) is 4.87. The zero-order valence-corrected chi connectivity index (χ0v) is 15.7. The highest BCUT2D eigenvalue weighted by Crippen LogP contribution is 2.44. The van der Waals surface area contributed by atoms with Crippen LogP contribution in [0.5, 0.6) is 0 Å². The highest BCUT2D eigenvalue weighted by Gasteiger charge is 2.41. The Balaban J connectivity index is 1.87. The van der Waals surface area contributed by atoms with Crippen LogP contribution in [0.15, 0.2) is 49.1 Å². The lowest BCUT2D eigenvalue weighted by atomic mass is 9.80. The Morgan fingerprint density at radius 3 is 2.74 bits per heavy atom. The predicted octanol–water partition coefficient (Wildman–Crippen LogP) is 3.16. The van der Waals surface area contributed by atoms with Gasteiger partial charge in [-0.3, -0.25) is 4.90 Å². The average Bonchev–Trinajstić information content (AvgIpc) is 3.30. The Bertz CT molecular complexity index is 860. The molecule has 0 bridgehead atoms. The number of aromatic nitrogens is 2. The van der Waals surface area contributed by atoms with Crippen LogP contribution in [-0.2, 0) is 21.4 Å². The number of hydrogen-bond acceptors (Lipinski definition) is 5. The van der Waals surface area contributed by atoms with Gasteiger partial charge in [0.1, 0.15) is 0 Å². The number of amides is 1. The van der Waals surface area contributed by atoms with E-state index in [9.17, 15) is 9.59 Å². The average molecular weight is 369 g/mol. The fourth-order valence-electron chi connectivity index (χ4n) is 3.40. The number of benzene rings is 1. The molecule has 0 aliphatic carbocycles. The Hall–Kier alpha value is -3.09. The fraction of sp³-hybridized carbons (Fsp3) is 0.350. The number of carbonyl (C=O) groups is 2. The van der Waals surface area contributed by atoms with Crippen molar-refractivity contribution in [2.45, 2.75) is 25.3 Å². The van der Waals surface area contributed by atoms with Crippen LogP contribution in [0.25, 0.3) is 0 Å². The number of esters is 1. The van der Waals surface area contributed by atoms with E-state index in [-0.39, 0.29) is 5.41 Å². The molecule has 1 unspecified atom stereocenters. The molecule has 2 aromatic rings. The molecule has 0 fully saturated rings. The SMILES string of the molecule is COC(=O)c1ccc2c(c1)C(C)(C/C=C/Cn1ccnc1)CN2C(=O)OC. The number of anilines is 1. The van der Waals surface area contributed by atoms with Crippen molar-refractivity contribution in [2.24, 2.45) is 0 Å². The summed E-state index contributed by atoms with van der Waals surface area (Å²) in [5.41, 5.74) is 1.83. The summed E-state index contributed by atoms with van der Waals surface area (Å²) in [6.07, 6.45) is 9.87. The summed E-state index contributed by atoms with van der Waals surface area (Å²) < 4.78 is 11.7. The Morgan fingerprint density at radius 2 is 2.07 bits per heavy atom. The highest BCUT2D eigenvalue weighted by atomic mass is 16.5. The van der Waals surface area contributed by atoms with Crippen LogP contribution < -0.4 is 4.90 Å². The van der Waals surface area contributed by atoms with Crippen LogP contribution in [-0.4, -0.2) is 42.4 Å². The number of imidazole rings is 1. The van der Waals surface area contributed by atoms with Crippen LogP contribution in [0.1, 0.15) is 29.3 Å². The molecule has 7 nitrogen and oxygen atoms in total. The summed E-state index contributed by atoms with van der Waals surface area (Å²) in [5.74, 6) is -0.396. The number of ether oxygens (including phenoxy) is 2. The Labute approximate surface area is 158 Å². The second kappa shape index (κ2) is 7.65. The third kappa shape index (κ3) is 3.72. The van der Waals surface area contributed by atoms with Crippen LogP contribution in [0.2, 0.25) is 0 Å². The smallest absolute Gasteiger partial charge is 0.414 e. The molecule has 1 atom stereocenters. The van der Waals surface area contributed by atoms with Gasteiger partial charge in [0.2, 0.25) is 0 Å². The molecule has 1 aliphatic heterocycles. The molecule has 27 heavy (non-hydrogen) atoms. The molecule has 2 heterocycles. The largest absolute Gasteiger partial charge is 0.465 e. The van der Waals surface area contributed by atoms with E-state index in [4.69, 9.17) is 9.47 Å². The van der Waals surface area contributed by atoms with Gasteiger partial charge in [0.15, 0.2) is 0 Å². The normalized spacial score (nSPS) is 18.6. The maximum Gasteiger partial charge on any atom is 0.414 e. The lowest BCUT2D eigenvalue weighted by Crippen LogP contribution is -2.35. The van der Waals surface area contributed by atoms with Crippen molar-refractivity contribution >= 4 is 17.7 Å². The zero-order chi connectivity index (χ0) is 19.4. The van der Waals surface area contributed by atoms with Gasteiger partial charge in [-0.05, 0) is 30.2 Å². The van der Waals surface area contributed by atoms with Gasteiger partial charge in [-0.15, -0.1) is 0 Å². The molecule has 142 valence electrons. The van der Waals surface area contributed by atoms with Gasteiger partial charge in [-0.25, -0.2) is 14.6 Å². The van der Waals surface area contributed by atoms with Gasteiger partial charge < -0.3 is 14.0 Å². The maximum atomic E-state index is 12.2. The molecule has 0 spiro atoms. The Morgan fingerprint density at radius 1 is 1.26 bits per heavy atom. The number of rotatable bonds is 5. The lowest BCUT2D eigenvalue weighted by Gasteiger charge is -2.24. The predicted molar refractivity (Wildman–Crippen MR) is 101 cm³/mol. The van der Waals surface area contributed by atoms with Crippen LogP contribution >= 0.6 is 0 Å². The molecule has 0 radical (unpaired) electrons. The van der Waals surface area contributed by atoms with Crippen LogP contribution in [0.3, 0.4) is 0 Å². The summed E-state index contributed by atoms with van der Waals surface area (Å²) in [6, 6.07) is 5.26. The summed E-state index contributed by atoms with van der Waals surface area (Å²) in [6.45, 7) is 3.29. The van der Waals surface area contributed by atoms with Crippen molar-refractivity contribution in [3.8, 4) is 0 Å². The van der Waals surface area contributed by atoms with E-state index < -0.39 is 12.1 Å². The van der Waals surface area contributed by atoms with Crippen LogP contribution in [0.4, 0.5) is 10.5 Å². The number of nitrogens with zero attached hydrogens (tertiary/aromatic N) is 3. The molecule has 0 saturated heterocycles. The van der Waals surface area contributed by atoms with Crippen molar-refractivity contribution < 1.29 is 19.1 Å². The quantitative estimate of drug-likeness (QED) is 0.598. The summed E-state index contributed by atoms with van der Waals surface area (Å²) in [4.78, 5) is 29.8. The maximum absolute atomic E-state index is 12.2. The number of carbonyl (C=O) groups excluding carboxylic acids is 2. The summed E-state index contributed by atoms with van der Waals surface area (Å²) in [7, 11) is 2.72. The van der Waals surface area contributed by atoms with Gasteiger partial charge >= 0.3 is 12.1 Å². The zero-order valence-electron chi connectivity index (χ0n) is 15.7. The lowest BCUT2D eigenvalue weighted by molar-refractivity contribution is 0.0600. The van der Waals surface area contributed by atoms with Crippen LogP contribution in [0, 0.1) is 0 Å². The Kier molecular flexibility index (Phi) is 5.30. The number of methoxy groups -OCH3 is 2. The molecule has 3 rings (SSSR count). The van der Waals surface area contributed by atoms with E-state index in [0.717, 1.165) is 17.8 Å². The monoisotopic (exact) mass is 369 g/mol. The van der Waals surface area contributed by atoms with Gasteiger partial charge in [0, 0.05) is 30.9 Å². The highest BCUT2D eigenvalue weighted by molar-refractivity contribution is 5.95. The van der Waals surface area contributed by atoms with E-state index in [1.54, 1.807) is 29.6 Å². The van der Waals surface area contributed by atoms with E-state index in [1.165, 1.54) is 14.2 Å². The van der Waals surface area contributed by atoms with Crippen molar-refractivity contribution in [2.75, 3.05) is 25.7 Å². The van der Waals surface area contributed by atoms with E-state index in [2.05, 4.69) is 24.1 Å². The third-order valence-electron chi connectivity index (χ3n) is 4.87. The molecule has 1 aromatic heterocycles. The van der Waals surface area contributed by atoms with E-state index >= 15 is 0 Å². The van der Waals surface area contributed by atoms with Gasteiger partial charge in [-0.1, -0.05) is 19.1 Å². The first-order valence-electron chi connectivity index (χ1n) is 8.67. The van der Waals surface area contributed by atoms with Gasteiger partial charge in [0.25, 0.3) is 0 Å². The molecule has 7 heteroatoms. The molecular weight excluding hydrogens is 346 g/mol. The molecule has 0 saturated carbocycles. The number of fused-ring (bicyclic) bond motifs is 1. The van der Waals surface area contributed by atoms with Gasteiger partial charge in [-0.2, -0.15) is 0 Å². The van der Waals surface area contributed by atoms with Gasteiger partial charge in [0.05, 0.1) is 31.8 Å². The molecular formula is C20H23N3O4. The molecule has 1 aliphatic rings. The van der Waals surface area contributed by atoms with Crippen molar-refractivity contribution in [1.82, 2.24) is 9.55 Å². The topological polar surface area (TPSA) is 73.7 Å². The van der Waals surface area contributed by atoms with E-state index in [1.807, 2.05) is 16.8 Å². The number of hydrogen-bond donors (Lipinski definition) is 0. The fourth-order valence-corrected chi connectivity index (χ4v) is 3.40. The first-order valence-corrected chi connectivity index (χ1v) is 8.67. The first-order chi connectivity index (χ1) is 13.0. The minimum atomic E-state index is -0.409. The van der Waals surface area contributed by atoms with Crippen molar-refractivity contribution in [1.29, 1.82) is 0 Å². The molecule has 0 N–H and O–H groups in total. The minimum absolute atomic E-state index is 0.334. The summed E-state index contributed by atoms with van der Waals surface area (Å²) in [5, 5.41) is 0. The first kappa shape index (κ1) is 18.7. The second-order valence-electron chi connectivity index (χ2n) is 6.78. The van der Waals surface area contributed by atoms with Crippen molar-refractivity contribution in [3.63, 3.8) is 0 Å². The standard InChI is InChI=1S/C20H23N3O4/c1-20(8-4-5-10-22-11-9-21-14-22)13-23(19(25)27-3)17-7-6-15(12-16(17)20)18(24)26-2/h4-7,9,11-12,14H,8,10,13H2,1-3H3/b5-4+. The second-order valence-corrected chi connectivity index (χ2v) is 6.78. The van der Waals surface area contributed by atoms with E-state index in [0.29, 0.717) is 18.5 Å². The molecule has 1 amide bonds. The summed E-state index contributed by atoms with van der Waals surface area (Å²) >= 11 is 0.